The number of carbonyl (C=O) groups is 2. The number of hydrogen-bond donors (Lipinski definition) is 1. The molecule has 0 aromatic carbocycles. The summed E-state index contributed by atoms with van der Waals surface area (Å²) in [5.74, 6) is -0.558. The number of rotatable bonds is 2. The van der Waals surface area contributed by atoms with Crippen molar-refractivity contribution in [1.82, 2.24) is 5.32 Å². The summed E-state index contributed by atoms with van der Waals surface area (Å²) >= 11 is 0. The second kappa shape index (κ2) is 7.61. The predicted octanol–water partition coefficient (Wildman–Crippen LogP) is 1.25. The maximum Gasteiger partial charge on any atom is 0.408 e. The van der Waals surface area contributed by atoms with Crippen LogP contribution in [0.15, 0.2) is 0 Å². The summed E-state index contributed by atoms with van der Waals surface area (Å²) in [6, 6.07) is -0.891. The van der Waals surface area contributed by atoms with Crippen LogP contribution in [0.5, 0.6) is 0 Å². The summed E-state index contributed by atoms with van der Waals surface area (Å²) in [6.45, 7) is 7.45. The monoisotopic (exact) mass is 303 g/mol. The molecule has 7 nitrogen and oxygen atoms in total. The highest BCUT2D eigenvalue weighted by Crippen LogP contribution is 2.12. The Morgan fingerprint density at radius 1 is 1.38 bits per heavy atom. The number of nitrogens with one attached hydrogen (secondary N) is 1. The minimum atomic E-state index is -0.891. The molecule has 1 rings (SSSR count). The first-order chi connectivity index (χ1) is 9.73. The maximum absolute atomic E-state index is 12.1. The molecule has 1 N–H and O–H groups in total. The number of esters is 1. The van der Waals surface area contributed by atoms with Crippen LogP contribution in [-0.2, 0) is 23.7 Å². The quantitative estimate of drug-likeness (QED) is 0.773. The highest BCUT2D eigenvalue weighted by atomic mass is 16.6. The highest BCUT2D eigenvalue weighted by molar-refractivity contribution is 5.81. The van der Waals surface area contributed by atoms with Crippen molar-refractivity contribution in [3.63, 3.8) is 0 Å². The first-order valence-corrected chi connectivity index (χ1v) is 7.03. The molecular weight excluding hydrogens is 278 g/mol. The largest absolute Gasteiger partial charge is 0.458 e. The molecule has 3 atom stereocenters. The zero-order chi connectivity index (χ0) is 16.0. The van der Waals surface area contributed by atoms with Gasteiger partial charge in [-0.25, -0.2) is 9.59 Å². The van der Waals surface area contributed by atoms with Crippen LogP contribution >= 0.6 is 0 Å². The molecule has 1 amide bonds. The van der Waals surface area contributed by atoms with Gasteiger partial charge in [0.15, 0.2) is 6.04 Å². The summed E-state index contributed by atoms with van der Waals surface area (Å²) in [5, 5.41) is 2.47. The molecule has 7 heteroatoms. The summed E-state index contributed by atoms with van der Waals surface area (Å²) < 4.78 is 21.1. The van der Waals surface area contributed by atoms with Gasteiger partial charge in [-0.1, -0.05) is 0 Å². The lowest BCUT2D eigenvalue weighted by Gasteiger charge is -2.24. The van der Waals surface area contributed by atoms with Crippen LogP contribution in [0.1, 0.15) is 34.1 Å². The molecule has 0 aromatic rings. The fraction of sp³-hybridized carbons (Fsp3) is 0.857. The Balaban J connectivity index is 2.64. The fourth-order valence-electron chi connectivity index (χ4n) is 1.90. The molecule has 122 valence electrons. The molecule has 1 saturated heterocycles. The van der Waals surface area contributed by atoms with Crippen LogP contribution in [0, 0.1) is 0 Å². The number of cyclic esters (lactones) is 1. The van der Waals surface area contributed by atoms with Crippen LogP contribution in [-0.4, -0.2) is 56.2 Å². The zero-order valence-corrected chi connectivity index (χ0v) is 13.3. The molecule has 0 radical (unpaired) electrons. The number of carbonyl (C=O) groups excluding carboxylic acids is 2. The molecule has 0 aliphatic carbocycles. The topological polar surface area (TPSA) is 83.1 Å². The predicted molar refractivity (Wildman–Crippen MR) is 74.9 cm³/mol. The van der Waals surface area contributed by atoms with E-state index in [1.54, 1.807) is 34.8 Å². The second-order valence-corrected chi connectivity index (χ2v) is 5.98. The summed E-state index contributed by atoms with van der Waals surface area (Å²) in [7, 11) is 1.56. The minimum absolute atomic E-state index is 0.0429. The van der Waals surface area contributed by atoms with Gasteiger partial charge in [0.2, 0.25) is 0 Å². The van der Waals surface area contributed by atoms with E-state index in [0.29, 0.717) is 13.0 Å². The Hall–Kier alpha value is -1.34. The van der Waals surface area contributed by atoms with Crippen molar-refractivity contribution < 1.29 is 28.5 Å². The number of alkyl carbamates (subject to hydrolysis) is 1. The first kappa shape index (κ1) is 17.7. The summed E-state index contributed by atoms with van der Waals surface area (Å²) in [5.41, 5.74) is -0.637. The Labute approximate surface area is 125 Å². The fourth-order valence-corrected chi connectivity index (χ4v) is 1.90. The van der Waals surface area contributed by atoms with Gasteiger partial charge in [-0.15, -0.1) is 0 Å². The first-order valence-electron chi connectivity index (χ1n) is 7.03. The van der Waals surface area contributed by atoms with Gasteiger partial charge in [-0.05, 0) is 27.7 Å². The van der Waals surface area contributed by atoms with Crippen molar-refractivity contribution in [3.05, 3.63) is 0 Å². The van der Waals surface area contributed by atoms with Crippen LogP contribution in [0.2, 0.25) is 0 Å². The van der Waals surface area contributed by atoms with Gasteiger partial charge < -0.3 is 24.3 Å². The second-order valence-electron chi connectivity index (χ2n) is 5.98. The smallest absolute Gasteiger partial charge is 0.408 e. The Bertz CT molecular complexity index is 365. The summed E-state index contributed by atoms with van der Waals surface area (Å²) in [6.07, 6.45) is -0.700. The van der Waals surface area contributed by atoms with E-state index in [2.05, 4.69) is 5.32 Å². The molecule has 0 spiro atoms. The van der Waals surface area contributed by atoms with E-state index in [-0.39, 0.29) is 12.7 Å². The SMILES string of the molecule is CO[C@@H]1CCOC[C@H](NC(=O)OC(C)(C)C)C(=O)O[C@H]1C. The van der Waals surface area contributed by atoms with Crippen molar-refractivity contribution >= 4 is 12.1 Å². The molecule has 0 saturated carbocycles. The summed E-state index contributed by atoms with van der Waals surface area (Å²) in [4.78, 5) is 23.8. The molecule has 0 bridgehead atoms. The van der Waals surface area contributed by atoms with Crippen molar-refractivity contribution in [1.29, 1.82) is 0 Å². The standard InChI is InChI=1S/C14H25NO6/c1-9-11(18-5)6-7-19-8-10(12(16)20-9)15-13(17)21-14(2,3)4/h9-11H,6-8H2,1-5H3,(H,15,17)/t9-,10-,11+/m0/s1. The Kier molecular flexibility index (Phi) is 6.42. The molecular formula is C14H25NO6. The van der Waals surface area contributed by atoms with E-state index >= 15 is 0 Å². The van der Waals surface area contributed by atoms with Gasteiger partial charge in [0.1, 0.15) is 11.7 Å². The molecule has 1 fully saturated rings. The van der Waals surface area contributed by atoms with Gasteiger partial charge in [-0.3, -0.25) is 0 Å². The third-order valence-corrected chi connectivity index (χ3v) is 2.94. The van der Waals surface area contributed by atoms with E-state index in [1.165, 1.54) is 0 Å². The maximum atomic E-state index is 12.1. The average Bonchev–Trinajstić information content (AvgIpc) is 2.39. The third kappa shape index (κ3) is 6.31. The van der Waals surface area contributed by atoms with E-state index in [9.17, 15) is 9.59 Å². The number of amides is 1. The van der Waals surface area contributed by atoms with Gasteiger partial charge in [0.25, 0.3) is 0 Å². The molecule has 0 unspecified atom stereocenters. The van der Waals surface area contributed by atoms with Gasteiger partial charge in [0, 0.05) is 20.1 Å². The van der Waals surface area contributed by atoms with Crippen LogP contribution < -0.4 is 5.32 Å². The van der Waals surface area contributed by atoms with E-state index in [1.807, 2.05) is 0 Å². The van der Waals surface area contributed by atoms with Crippen LogP contribution in [0.25, 0.3) is 0 Å². The molecule has 1 heterocycles. The van der Waals surface area contributed by atoms with E-state index in [0.717, 1.165) is 0 Å². The normalized spacial score (nSPS) is 27.9. The van der Waals surface area contributed by atoms with Crippen molar-refractivity contribution in [2.45, 2.75) is 58.0 Å². The lowest BCUT2D eigenvalue weighted by atomic mass is 10.1. The molecule has 1 aliphatic heterocycles. The number of ether oxygens (including phenoxy) is 4. The number of methoxy groups -OCH3 is 1. The van der Waals surface area contributed by atoms with Crippen molar-refractivity contribution in [2.75, 3.05) is 20.3 Å². The average molecular weight is 303 g/mol. The van der Waals surface area contributed by atoms with Crippen LogP contribution in [0.3, 0.4) is 0 Å². The lowest BCUT2D eigenvalue weighted by Crippen LogP contribution is -2.47. The Morgan fingerprint density at radius 2 is 2.05 bits per heavy atom. The van der Waals surface area contributed by atoms with Crippen molar-refractivity contribution in [2.24, 2.45) is 0 Å². The van der Waals surface area contributed by atoms with E-state index in [4.69, 9.17) is 18.9 Å². The van der Waals surface area contributed by atoms with Gasteiger partial charge in [0.05, 0.1) is 12.7 Å². The van der Waals surface area contributed by atoms with Gasteiger partial charge >= 0.3 is 12.1 Å². The third-order valence-electron chi connectivity index (χ3n) is 2.94. The highest BCUT2D eigenvalue weighted by Gasteiger charge is 2.30. The molecule has 0 aromatic heterocycles. The Morgan fingerprint density at radius 3 is 2.62 bits per heavy atom. The van der Waals surface area contributed by atoms with Crippen LogP contribution in [0.4, 0.5) is 4.79 Å². The lowest BCUT2D eigenvalue weighted by molar-refractivity contribution is -0.157. The molecule has 1 aliphatic rings. The number of hydrogen-bond acceptors (Lipinski definition) is 6. The zero-order valence-electron chi connectivity index (χ0n) is 13.3. The van der Waals surface area contributed by atoms with Gasteiger partial charge in [-0.2, -0.15) is 0 Å². The molecule has 21 heavy (non-hydrogen) atoms. The van der Waals surface area contributed by atoms with Crippen molar-refractivity contribution in [3.8, 4) is 0 Å². The minimum Gasteiger partial charge on any atom is -0.458 e. The van der Waals surface area contributed by atoms with E-state index < -0.39 is 29.8 Å².